The van der Waals surface area contributed by atoms with E-state index in [-0.39, 0.29) is 11.3 Å². The number of aliphatic carboxylic acids is 1. The molecule has 1 aromatic rings. The number of benzene rings is 1. The fraction of sp³-hybridized carbons (Fsp3) is 0.231. The van der Waals surface area contributed by atoms with Crippen LogP contribution in [-0.4, -0.2) is 35.7 Å². The largest absolute Gasteiger partial charge is 0.507 e. The van der Waals surface area contributed by atoms with Crippen LogP contribution in [0.2, 0.25) is 0 Å². The van der Waals surface area contributed by atoms with Crippen LogP contribution in [0.15, 0.2) is 24.3 Å². The van der Waals surface area contributed by atoms with Crippen molar-refractivity contribution in [3.63, 3.8) is 0 Å². The molecule has 0 bridgehead atoms. The lowest BCUT2D eigenvalue weighted by atomic mass is 10.1. The van der Waals surface area contributed by atoms with Gasteiger partial charge in [-0.2, -0.15) is 0 Å². The van der Waals surface area contributed by atoms with Crippen LogP contribution >= 0.6 is 0 Å². The number of rotatable bonds is 6. The zero-order valence-electron chi connectivity index (χ0n) is 10.5. The van der Waals surface area contributed by atoms with Gasteiger partial charge in [-0.15, -0.1) is 0 Å². The summed E-state index contributed by atoms with van der Waals surface area (Å²) in [7, 11) is 1.39. The molecule has 0 amide bonds. The third-order valence-corrected chi connectivity index (χ3v) is 2.24. The second-order valence-electron chi connectivity index (χ2n) is 3.49. The minimum atomic E-state index is -1.64. The smallest absolute Gasteiger partial charge is 0.376 e. The average molecular weight is 266 g/mol. The van der Waals surface area contributed by atoms with E-state index in [1.54, 1.807) is 6.07 Å². The van der Waals surface area contributed by atoms with Gasteiger partial charge in [-0.3, -0.25) is 4.79 Å². The molecular weight excluding hydrogens is 252 g/mol. The monoisotopic (exact) mass is 266 g/mol. The van der Waals surface area contributed by atoms with E-state index in [1.807, 2.05) is 6.92 Å². The molecule has 0 aliphatic heterocycles. The highest BCUT2D eigenvalue weighted by Crippen LogP contribution is 2.29. The van der Waals surface area contributed by atoms with Crippen molar-refractivity contribution in [1.82, 2.24) is 0 Å². The summed E-state index contributed by atoms with van der Waals surface area (Å²) < 4.78 is 10.3. The summed E-state index contributed by atoms with van der Waals surface area (Å²) in [4.78, 5) is 21.4. The van der Waals surface area contributed by atoms with Crippen LogP contribution in [0.3, 0.4) is 0 Å². The number of hydrogen-bond donors (Lipinski definition) is 2. The Morgan fingerprint density at radius 1 is 1.32 bits per heavy atom. The van der Waals surface area contributed by atoms with Gasteiger partial charge < -0.3 is 19.7 Å². The summed E-state index contributed by atoms with van der Waals surface area (Å²) in [6.07, 6.45) is 0.626. The van der Waals surface area contributed by atoms with Crippen molar-refractivity contribution >= 4 is 17.5 Å². The van der Waals surface area contributed by atoms with Gasteiger partial charge in [-0.05, 0) is 19.1 Å². The lowest BCUT2D eigenvalue weighted by Crippen LogP contribution is -2.09. The van der Waals surface area contributed by atoms with Crippen molar-refractivity contribution in [3.05, 3.63) is 29.8 Å². The summed E-state index contributed by atoms with van der Waals surface area (Å²) in [5.41, 5.74) is 0.209. The van der Waals surface area contributed by atoms with Crippen LogP contribution < -0.4 is 9.47 Å². The predicted octanol–water partition coefficient (Wildman–Crippen LogP) is 1.65. The molecule has 102 valence electrons. The average Bonchev–Trinajstić information content (AvgIpc) is 2.38. The van der Waals surface area contributed by atoms with Gasteiger partial charge in [0.15, 0.2) is 0 Å². The molecule has 1 aromatic carbocycles. The van der Waals surface area contributed by atoms with E-state index in [0.717, 1.165) is 0 Å². The maximum Gasteiger partial charge on any atom is 0.376 e. The van der Waals surface area contributed by atoms with E-state index < -0.39 is 17.5 Å². The zero-order chi connectivity index (χ0) is 14.4. The van der Waals surface area contributed by atoms with Crippen LogP contribution in [0, 0.1) is 0 Å². The van der Waals surface area contributed by atoms with Gasteiger partial charge in [-0.1, -0.05) is 0 Å². The number of ketones is 1. The van der Waals surface area contributed by atoms with Gasteiger partial charge in [0, 0.05) is 12.1 Å². The second kappa shape index (κ2) is 6.44. The zero-order valence-corrected chi connectivity index (χ0v) is 10.5. The highest BCUT2D eigenvalue weighted by molar-refractivity contribution is 6.38. The van der Waals surface area contributed by atoms with Gasteiger partial charge in [0.05, 0.1) is 19.3 Å². The molecule has 0 saturated carbocycles. The van der Waals surface area contributed by atoms with Crippen molar-refractivity contribution < 1.29 is 29.3 Å². The van der Waals surface area contributed by atoms with Crippen molar-refractivity contribution in [2.45, 2.75) is 6.92 Å². The Kier molecular flexibility index (Phi) is 4.93. The van der Waals surface area contributed by atoms with Crippen molar-refractivity contribution in [2.24, 2.45) is 0 Å². The highest BCUT2D eigenvalue weighted by atomic mass is 16.5. The number of carbonyl (C=O) groups excluding carboxylic acids is 1. The lowest BCUT2D eigenvalue weighted by molar-refractivity contribution is -0.146. The van der Waals surface area contributed by atoms with Crippen LogP contribution in [0.1, 0.15) is 12.5 Å². The first-order chi connectivity index (χ1) is 8.99. The van der Waals surface area contributed by atoms with Crippen LogP contribution in [0.5, 0.6) is 11.5 Å². The molecule has 2 N–H and O–H groups in total. The summed E-state index contributed by atoms with van der Waals surface area (Å²) in [5, 5.41) is 18.2. The van der Waals surface area contributed by atoms with E-state index in [4.69, 9.17) is 14.6 Å². The molecule has 0 aromatic heterocycles. The van der Waals surface area contributed by atoms with Crippen LogP contribution in [-0.2, 0) is 9.59 Å². The topological polar surface area (TPSA) is 93.1 Å². The van der Waals surface area contributed by atoms with Gasteiger partial charge in [-0.25, -0.2) is 4.79 Å². The quantitative estimate of drug-likeness (QED) is 0.462. The van der Waals surface area contributed by atoms with Gasteiger partial charge in [0.1, 0.15) is 17.3 Å². The SMILES string of the molecule is CCOc1ccc(C(O)=CC(=O)C(=O)O)c(OC)c1. The van der Waals surface area contributed by atoms with E-state index in [2.05, 4.69) is 0 Å². The molecule has 0 aliphatic rings. The Balaban J connectivity index is 3.12. The normalized spacial score (nSPS) is 10.9. The molecule has 0 aliphatic carbocycles. The minimum Gasteiger partial charge on any atom is -0.507 e. The first-order valence-corrected chi connectivity index (χ1v) is 5.48. The highest BCUT2D eigenvalue weighted by Gasteiger charge is 2.14. The molecule has 6 nitrogen and oxygen atoms in total. The fourth-order valence-electron chi connectivity index (χ4n) is 1.40. The molecule has 0 atom stereocenters. The Bertz CT molecular complexity index is 518. The van der Waals surface area contributed by atoms with Crippen LogP contribution in [0.25, 0.3) is 5.76 Å². The number of aliphatic hydroxyl groups is 1. The van der Waals surface area contributed by atoms with Crippen LogP contribution in [0.4, 0.5) is 0 Å². The third kappa shape index (κ3) is 3.74. The second-order valence-corrected chi connectivity index (χ2v) is 3.49. The number of aliphatic hydroxyl groups excluding tert-OH is 1. The number of carbonyl (C=O) groups is 2. The van der Waals surface area contributed by atoms with Gasteiger partial charge >= 0.3 is 5.97 Å². The van der Waals surface area contributed by atoms with E-state index in [1.165, 1.54) is 19.2 Å². The third-order valence-electron chi connectivity index (χ3n) is 2.24. The first-order valence-electron chi connectivity index (χ1n) is 5.48. The van der Waals surface area contributed by atoms with E-state index >= 15 is 0 Å². The van der Waals surface area contributed by atoms with E-state index in [9.17, 15) is 14.7 Å². The minimum absolute atomic E-state index is 0.209. The first kappa shape index (κ1) is 14.6. The Morgan fingerprint density at radius 3 is 2.53 bits per heavy atom. The number of methoxy groups -OCH3 is 1. The number of ether oxygens (including phenoxy) is 2. The summed E-state index contributed by atoms with van der Waals surface area (Å²) >= 11 is 0. The summed E-state index contributed by atoms with van der Waals surface area (Å²) in [5.74, 6) is -2.52. The molecule has 6 heteroatoms. The number of hydrogen-bond acceptors (Lipinski definition) is 5. The Labute approximate surface area is 109 Å². The number of carboxylic acid groups (broad SMARTS) is 1. The lowest BCUT2D eigenvalue weighted by Gasteiger charge is -2.10. The standard InChI is InChI=1S/C13H14O6/c1-3-19-8-4-5-9(12(6-8)18-2)10(14)7-11(15)13(16)17/h4-7,14H,3H2,1-2H3,(H,16,17). The van der Waals surface area contributed by atoms with Crippen molar-refractivity contribution in [3.8, 4) is 11.5 Å². The maximum atomic E-state index is 11.0. The number of carboxylic acids is 1. The maximum absolute atomic E-state index is 11.0. The molecule has 19 heavy (non-hydrogen) atoms. The summed E-state index contributed by atoms with van der Waals surface area (Å²) in [6, 6.07) is 4.59. The predicted molar refractivity (Wildman–Crippen MR) is 67.4 cm³/mol. The summed E-state index contributed by atoms with van der Waals surface area (Å²) in [6.45, 7) is 2.30. The molecule has 0 saturated heterocycles. The fourth-order valence-corrected chi connectivity index (χ4v) is 1.40. The molecular formula is C13H14O6. The molecule has 0 spiro atoms. The van der Waals surface area contributed by atoms with E-state index in [0.29, 0.717) is 18.4 Å². The molecule has 0 radical (unpaired) electrons. The Morgan fingerprint density at radius 2 is 2.00 bits per heavy atom. The van der Waals surface area contributed by atoms with Crippen molar-refractivity contribution in [1.29, 1.82) is 0 Å². The molecule has 1 rings (SSSR count). The molecule has 0 fully saturated rings. The van der Waals surface area contributed by atoms with Gasteiger partial charge in [0.2, 0.25) is 0 Å². The van der Waals surface area contributed by atoms with Gasteiger partial charge in [0.25, 0.3) is 5.78 Å². The molecule has 0 heterocycles. The Hall–Kier alpha value is -2.50. The molecule has 0 unspecified atom stereocenters. The van der Waals surface area contributed by atoms with Crippen molar-refractivity contribution in [2.75, 3.05) is 13.7 Å².